The average molecular weight is 285 g/mol. The zero-order valence-corrected chi connectivity index (χ0v) is 12.0. The van der Waals surface area contributed by atoms with Crippen molar-refractivity contribution in [3.8, 4) is 5.75 Å². The van der Waals surface area contributed by atoms with Gasteiger partial charge in [-0.05, 0) is 49.5 Å². The maximum Gasteiger partial charge on any atom is 0.129 e. The highest BCUT2D eigenvalue weighted by molar-refractivity contribution is 5.37. The number of benzene rings is 2. The largest absolute Gasteiger partial charge is 0.489 e. The lowest BCUT2D eigenvalue weighted by Gasteiger charge is -2.25. The third-order valence-corrected chi connectivity index (χ3v) is 4.04. The maximum atomic E-state index is 13.7. The predicted molar refractivity (Wildman–Crippen MR) is 82.0 cm³/mol. The highest BCUT2D eigenvalue weighted by atomic mass is 19.1. The zero-order chi connectivity index (χ0) is 14.5. The molecule has 1 N–H and O–H groups in total. The molecule has 2 aromatic carbocycles. The third-order valence-electron chi connectivity index (χ3n) is 4.04. The summed E-state index contributed by atoms with van der Waals surface area (Å²) in [5.41, 5.74) is 1.84. The van der Waals surface area contributed by atoms with Crippen LogP contribution >= 0.6 is 0 Å². The van der Waals surface area contributed by atoms with Crippen molar-refractivity contribution in [2.45, 2.75) is 25.4 Å². The SMILES string of the molecule is Fc1ccccc1COc1ccccc1C1CCNCC1. The summed E-state index contributed by atoms with van der Waals surface area (Å²) in [5.74, 6) is 1.20. The van der Waals surface area contributed by atoms with Gasteiger partial charge in [0.2, 0.25) is 0 Å². The van der Waals surface area contributed by atoms with Gasteiger partial charge in [0.05, 0.1) is 0 Å². The van der Waals surface area contributed by atoms with Crippen molar-refractivity contribution < 1.29 is 9.13 Å². The molecule has 1 saturated heterocycles. The van der Waals surface area contributed by atoms with Gasteiger partial charge in [-0.1, -0.05) is 36.4 Å². The van der Waals surface area contributed by atoms with Crippen LogP contribution in [0.5, 0.6) is 5.75 Å². The number of hydrogen-bond acceptors (Lipinski definition) is 2. The van der Waals surface area contributed by atoms with Gasteiger partial charge >= 0.3 is 0 Å². The van der Waals surface area contributed by atoms with Crippen molar-refractivity contribution in [3.63, 3.8) is 0 Å². The topological polar surface area (TPSA) is 21.3 Å². The molecule has 0 spiro atoms. The number of nitrogens with one attached hydrogen (secondary N) is 1. The Kier molecular flexibility index (Phi) is 4.51. The van der Waals surface area contributed by atoms with Gasteiger partial charge in [0.25, 0.3) is 0 Å². The Labute approximate surface area is 125 Å². The van der Waals surface area contributed by atoms with Crippen molar-refractivity contribution in [3.05, 3.63) is 65.5 Å². The van der Waals surface area contributed by atoms with Crippen molar-refractivity contribution in [2.24, 2.45) is 0 Å². The van der Waals surface area contributed by atoms with Gasteiger partial charge in [-0.15, -0.1) is 0 Å². The maximum absolute atomic E-state index is 13.7. The van der Waals surface area contributed by atoms with E-state index in [0.717, 1.165) is 31.7 Å². The molecule has 0 aromatic heterocycles. The lowest BCUT2D eigenvalue weighted by molar-refractivity contribution is 0.292. The molecule has 21 heavy (non-hydrogen) atoms. The van der Waals surface area contributed by atoms with Crippen LogP contribution in [0.25, 0.3) is 0 Å². The van der Waals surface area contributed by atoms with Gasteiger partial charge in [-0.2, -0.15) is 0 Å². The van der Waals surface area contributed by atoms with E-state index in [1.165, 1.54) is 11.6 Å². The summed E-state index contributed by atoms with van der Waals surface area (Å²) < 4.78 is 19.6. The van der Waals surface area contributed by atoms with Gasteiger partial charge in [-0.25, -0.2) is 4.39 Å². The Bertz CT molecular complexity index is 593. The standard InChI is InChI=1S/C18H20FNO/c19-17-7-3-1-5-15(17)13-21-18-8-4-2-6-16(18)14-9-11-20-12-10-14/h1-8,14,20H,9-13H2. The lowest BCUT2D eigenvalue weighted by Crippen LogP contribution is -2.26. The third kappa shape index (κ3) is 3.42. The van der Waals surface area contributed by atoms with E-state index in [1.54, 1.807) is 12.1 Å². The van der Waals surface area contributed by atoms with Crippen LogP contribution in [-0.4, -0.2) is 13.1 Å². The first-order chi connectivity index (χ1) is 10.3. The number of piperidine rings is 1. The van der Waals surface area contributed by atoms with Crippen LogP contribution in [0.2, 0.25) is 0 Å². The summed E-state index contributed by atoms with van der Waals surface area (Å²) in [7, 11) is 0. The minimum Gasteiger partial charge on any atom is -0.489 e. The van der Waals surface area contributed by atoms with E-state index >= 15 is 0 Å². The Hall–Kier alpha value is -1.87. The van der Waals surface area contributed by atoms with Crippen LogP contribution < -0.4 is 10.1 Å². The molecule has 3 heteroatoms. The fourth-order valence-electron chi connectivity index (χ4n) is 2.85. The van der Waals surface area contributed by atoms with Gasteiger partial charge in [-0.3, -0.25) is 0 Å². The van der Waals surface area contributed by atoms with Crippen LogP contribution in [0.1, 0.15) is 29.9 Å². The van der Waals surface area contributed by atoms with E-state index in [2.05, 4.69) is 11.4 Å². The molecule has 2 nitrogen and oxygen atoms in total. The molecule has 3 rings (SSSR count). The van der Waals surface area contributed by atoms with Gasteiger partial charge in [0, 0.05) is 5.56 Å². The van der Waals surface area contributed by atoms with Gasteiger partial charge in [0.15, 0.2) is 0 Å². The van der Waals surface area contributed by atoms with Crippen LogP contribution in [0, 0.1) is 5.82 Å². The Morgan fingerprint density at radius 1 is 1.00 bits per heavy atom. The fraction of sp³-hybridized carbons (Fsp3) is 0.333. The zero-order valence-electron chi connectivity index (χ0n) is 12.0. The van der Waals surface area contributed by atoms with E-state index in [1.807, 2.05) is 24.3 Å². The molecule has 0 radical (unpaired) electrons. The van der Waals surface area contributed by atoms with Crippen molar-refractivity contribution in [1.29, 1.82) is 0 Å². The summed E-state index contributed by atoms with van der Waals surface area (Å²) in [6, 6.07) is 14.9. The normalized spacial score (nSPS) is 15.9. The molecule has 1 heterocycles. The molecule has 0 aliphatic carbocycles. The van der Waals surface area contributed by atoms with Gasteiger partial charge < -0.3 is 10.1 Å². The van der Waals surface area contributed by atoms with E-state index in [-0.39, 0.29) is 12.4 Å². The van der Waals surface area contributed by atoms with E-state index in [0.29, 0.717) is 11.5 Å². The van der Waals surface area contributed by atoms with Gasteiger partial charge in [0.1, 0.15) is 18.2 Å². The molecule has 0 atom stereocenters. The predicted octanol–water partition coefficient (Wildman–Crippen LogP) is 3.87. The van der Waals surface area contributed by atoms with Crippen molar-refractivity contribution >= 4 is 0 Å². The van der Waals surface area contributed by atoms with Crippen molar-refractivity contribution in [1.82, 2.24) is 5.32 Å². The molecule has 1 aliphatic heterocycles. The number of rotatable bonds is 4. The quantitative estimate of drug-likeness (QED) is 0.920. The minimum atomic E-state index is -0.211. The van der Waals surface area contributed by atoms with Crippen molar-refractivity contribution in [2.75, 3.05) is 13.1 Å². The summed E-state index contributed by atoms with van der Waals surface area (Å²) in [5, 5.41) is 3.38. The van der Waals surface area contributed by atoms with E-state index in [9.17, 15) is 4.39 Å². The number of ether oxygens (including phenoxy) is 1. The lowest BCUT2D eigenvalue weighted by atomic mass is 9.89. The fourth-order valence-corrected chi connectivity index (χ4v) is 2.85. The first-order valence-corrected chi connectivity index (χ1v) is 7.50. The Balaban J connectivity index is 1.74. The molecule has 1 fully saturated rings. The molecule has 110 valence electrons. The molecular weight excluding hydrogens is 265 g/mol. The molecule has 0 bridgehead atoms. The smallest absolute Gasteiger partial charge is 0.129 e. The second-order valence-electron chi connectivity index (χ2n) is 5.44. The first kappa shape index (κ1) is 14.1. The summed E-state index contributed by atoms with van der Waals surface area (Å²) in [6.45, 7) is 2.37. The summed E-state index contributed by atoms with van der Waals surface area (Å²) >= 11 is 0. The minimum absolute atomic E-state index is 0.211. The monoisotopic (exact) mass is 285 g/mol. The summed E-state index contributed by atoms with van der Waals surface area (Å²) in [6.07, 6.45) is 2.25. The molecule has 0 amide bonds. The molecule has 1 aliphatic rings. The highest BCUT2D eigenvalue weighted by Gasteiger charge is 2.18. The second kappa shape index (κ2) is 6.72. The van der Waals surface area contributed by atoms with E-state index < -0.39 is 0 Å². The number of hydrogen-bond donors (Lipinski definition) is 1. The molecule has 2 aromatic rings. The number of para-hydroxylation sites is 1. The van der Waals surface area contributed by atoms with Crippen LogP contribution in [0.3, 0.4) is 0 Å². The molecule has 0 unspecified atom stereocenters. The van der Waals surface area contributed by atoms with Crippen LogP contribution in [0.15, 0.2) is 48.5 Å². The Morgan fingerprint density at radius 2 is 1.71 bits per heavy atom. The van der Waals surface area contributed by atoms with Crippen LogP contribution in [0.4, 0.5) is 4.39 Å². The number of halogens is 1. The highest BCUT2D eigenvalue weighted by Crippen LogP contribution is 2.32. The second-order valence-corrected chi connectivity index (χ2v) is 5.44. The van der Waals surface area contributed by atoms with Crippen LogP contribution in [-0.2, 0) is 6.61 Å². The molecular formula is C18H20FNO. The first-order valence-electron chi connectivity index (χ1n) is 7.50. The van der Waals surface area contributed by atoms with E-state index in [4.69, 9.17) is 4.74 Å². The Morgan fingerprint density at radius 3 is 2.52 bits per heavy atom. The average Bonchev–Trinajstić information content (AvgIpc) is 2.55. The molecule has 0 saturated carbocycles. The summed E-state index contributed by atoms with van der Waals surface area (Å²) in [4.78, 5) is 0.